The van der Waals surface area contributed by atoms with E-state index in [2.05, 4.69) is 0 Å². The molecule has 3 N–H and O–H groups in total. The van der Waals surface area contributed by atoms with Crippen molar-refractivity contribution in [3.8, 4) is 0 Å². The Morgan fingerprint density at radius 2 is 2.07 bits per heavy atom. The molecule has 0 aliphatic carbocycles. The van der Waals surface area contributed by atoms with Crippen LogP contribution in [0, 0.1) is 12.7 Å². The number of nitrogens with two attached hydrogens (primary N) is 1. The van der Waals surface area contributed by atoms with Gasteiger partial charge in [-0.1, -0.05) is 11.6 Å². The largest absolute Gasteiger partial charge is 0.387 e. The normalized spacial score (nSPS) is 15.3. The lowest BCUT2D eigenvalue weighted by Crippen LogP contribution is -2.25. The first-order valence-corrected chi connectivity index (χ1v) is 4.70. The van der Waals surface area contributed by atoms with Gasteiger partial charge in [0, 0.05) is 11.1 Å². The molecule has 0 heterocycles. The molecule has 2 nitrogen and oxygen atoms in total. The average molecular weight is 218 g/mol. The Hall–Kier alpha value is -0.640. The van der Waals surface area contributed by atoms with Gasteiger partial charge in [-0.15, -0.1) is 0 Å². The molecule has 0 bridgehead atoms. The van der Waals surface area contributed by atoms with Crippen LogP contribution in [0.4, 0.5) is 4.39 Å². The highest BCUT2D eigenvalue weighted by molar-refractivity contribution is 6.31. The summed E-state index contributed by atoms with van der Waals surface area (Å²) in [5, 5.41) is 9.98. The van der Waals surface area contributed by atoms with E-state index in [1.54, 1.807) is 13.8 Å². The van der Waals surface area contributed by atoms with Crippen LogP contribution in [0.5, 0.6) is 0 Å². The fourth-order valence-electron chi connectivity index (χ4n) is 1.26. The lowest BCUT2D eigenvalue weighted by Gasteiger charge is -2.17. The van der Waals surface area contributed by atoms with E-state index >= 15 is 0 Å². The van der Waals surface area contributed by atoms with Crippen LogP contribution in [-0.4, -0.2) is 11.1 Å². The van der Waals surface area contributed by atoms with E-state index in [4.69, 9.17) is 17.3 Å². The molecule has 0 radical (unpaired) electrons. The monoisotopic (exact) mass is 217 g/mol. The molecular formula is C10H13ClFNO. The molecule has 0 aliphatic rings. The molecule has 1 rings (SSSR count). The number of halogens is 2. The standard InChI is InChI=1S/C10H13ClFNO/c1-5-8(10(14)6(2)13)3-7(12)4-9(5)11/h3-4,6,10,14H,13H2,1-2H3. The Balaban J connectivity index is 3.20. The summed E-state index contributed by atoms with van der Waals surface area (Å²) < 4.78 is 13.0. The molecule has 0 aromatic heterocycles. The van der Waals surface area contributed by atoms with E-state index in [0.29, 0.717) is 16.1 Å². The minimum Gasteiger partial charge on any atom is -0.387 e. The van der Waals surface area contributed by atoms with Gasteiger partial charge in [0.2, 0.25) is 0 Å². The first kappa shape index (κ1) is 11.4. The molecule has 14 heavy (non-hydrogen) atoms. The van der Waals surface area contributed by atoms with Crippen molar-refractivity contribution < 1.29 is 9.50 Å². The van der Waals surface area contributed by atoms with Crippen LogP contribution in [-0.2, 0) is 0 Å². The molecule has 1 aromatic carbocycles. The Kier molecular flexibility index (Phi) is 3.48. The van der Waals surface area contributed by atoms with Crippen molar-refractivity contribution in [2.24, 2.45) is 5.73 Å². The molecule has 78 valence electrons. The third-order valence-electron chi connectivity index (χ3n) is 2.17. The third kappa shape index (κ3) is 2.23. The van der Waals surface area contributed by atoms with Gasteiger partial charge in [0.05, 0.1) is 6.10 Å². The second-order valence-electron chi connectivity index (χ2n) is 3.41. The highest BCUT2D eigenvalue weighted by atomic mass is 35.5. The van der Waals surface area contributed by atoms with Gasteiger partial charge in [0.1, 0.15) is 5.82 Å². The summed E-state index contributed by atoms with van der Waals surface area (Å²) in [5.74, 6) is -0.463. The van der Waals surface area contributed by atoms with Gasteiger partial charge < -0.3 is 10.8 Å². The highest BCUT2D eigenvalue weighted by Crippen LogP contribution is 2.26. The van der Waals surface area contributed by atoms with Crippen molar-refractivity contribution in [3.63, 3.8) is 0 Å². The van der Waals surface area contributed by atoms with Crippen LogP contribution in [0.15, 0.2) is 12.1 Å². The van der Waals surface area contributed by atoms with E-state index in [1.807, 2.05) is 0 Å². The van der Waals surface area contributed by atoms with Crippen molar-refractivity contribution in [1.29, 1.82) is 0 Å². The molecule has 1 aromatic rings. The maximum atomic E-state index is 13.0. The fraction of sp³-hybridized carbons (Fsp3) is 0.400. The van der Waals surface area contributed by atoms with Crippen molar-refractivity contribution in [2.75, 3.05) is 0 Å². The predicted molar refractivity (Wildman–Crippen MR) is 54.8 cm³/mol. The Morgan fingerprint density at radius 1 is 1.50 bits per heavy atom. The minimum absolute atomic E-state index is 0.305. The van der Waals surface area contributed by atoms with Crippen LogP contribution in [0.2, 0.25) is 5.02 Å². The molecule has 0 amide bonds. The van der Waals surface area contributed by atoms with E-state index in [-0.39, 0.29) is 0 Å². The zero-order chi connectivity index (χ0) is 10.9. The lowest BCUT2D eigenvalue weighted by molar-refractivity contribution is 0.152. The molecule has 0 saturated carbocycles. The molecule has 0 saturated heterocycles. The van der Waals surface area contributed by atoms with Crippen LogP contribution in [0.3, 0.4) is 0 Å². The Bertz CT molecular complexity index is 341. The summed E-state index contributed by atoms with van der Waals surface area (Å²) in [5.41, 5.74) is 6.64. The molecule has 2 unspecified atom stereocenters. The summed E-state index contributed by atoms with van der Waals surface area (Å²) in [6, 6.07) is 2.02. The number of hydrogen-bond acceptors (Lipinski definition) is 2. The second-order valence-corrected chi connectivity index (χ2v) is 3.81. The zero-order valence-electron chi connectivity index (χ0n) is 8.09. The quantitative estimate of drug-likeness (QED) is 0.798. The second kappa shape index (κ2) is 4.26. The first-order chi connectivity index (χ1) is 6.43. The van der Waals surface area contributed by atoms with Gasteiger partial charge in [0.25, 0.3) is 0 Å². The Labute approximate surface area is 87.5 Å². The van der Waals surface area contributed by atoms with Crippen LogP contribution in [0.25, 0.3) is 0 Å². The molecule has 2 atom stereocenters. The lowest BCUT2D eigenvalue weighted by atomic mass is 9.99. The van der Waals surface area contributed by atoms with Crippen molar-refractivity contribution in [1.82, 2.24) is 0 Å². The number of aliphatic hydroxyl groups excluding tert-OH is 1. The van der Waals surface area contributed by atoms with E-state index in [0.717, 1.165) is 0 Å². The fourth-order valence-corrected chi connectivity index (χ4v) is 1.47. The molecule has 0 fully saturated rings. The molecular weight excluding hydrogens is 205 g/mol. The third-order valence-corrected chi connectivity index (χ3v) is 2.56. The number of hydrogen-bond donors (Lipinski definition) is 2. The first-order valence-electron chi connectivity index (χ1n) is 4.32. The maximum Gasteiger partial charge on any atom is 0.125 e. The number of rotatable bonds is 2. The Morgan fingerprint density at radius 3 is 2.57 bits per heavy atom. The summed E-state index contributed by atoms with van der Waals surface area (Å²) in [4.78, 5) is 0. The van der Waals surface area contributed by atoms with Crippen molar-refractivity contribution in [3.05, 3.63) is 34.1 Å². The summed E-state index contributed by atoms with van der Waals surface area (Å²) in [6.07, 6.45) is -0.886. The van der Waals surface area contributed by atoms with Gasteiger partial charge in [-0.05, 0) is 37.1 Å². The van der Waals surface area contributed by atoms with E-state index < -0.39 is 18.0 Å². The summed E-state index contributed by atoms with van der Waals surface area (Å²) in [7, 11) is 0. The van der Waals surface area contributed by atoms with E-state index in [1.165, 1.54) is 12.1 Å². The smallest absolute Gasteiger partial charge is 0.125 e. The SMILES string of the molecule is Cc1c(Cl)cc(F)cc1C(O)C(C)N. The highest BCUT2D eigenvalue weighted by Gasteiger charge is 2.17. The predicted octanol–water partition coefficient (Wildman–Crippen LogP) is 2.17. The zero-order valence-corrected chi connectivity index (χ0v) is 8.85. The molecule has 4 heteroatoms. The van der Waals surface area contributed by atoms with Gasteiger partial charge in [-0.2, -0.15) is 0 Å². The van der Waals surface area contributed by atoms with Gasteiger partial charge in [0.15, 0.2) is 0 Å². The average Bonchev–Trinajstić information content (AvgIpc) is 2.09. The van der Waals surface area contributed by atoms with Crippen molar-refractivity contribution >= 4 is 11.6 Å². The van der Waals surface area contributed by atoms with Crippen LogP contribution < -0.4 is 5.73 Å². The van der Waals surface area contributed by atoms with Gasteiger partial charge in [-0.3, -0.25) is 0 Å². The number of aliphatic hydroxyl groups is 1. The molecule has 0 spiro atoms. The van der Waals surface area contributed by atoms with Crippen molar-refractivity contribution in [2.45, 2.75) is 26.0 Å². The van der Waals surface area contributed by atoms with Gasteiger partial charge >= 0.3 is 0 Å². The van der Waals surface area contributed by atoms with Crippen LogP contribution in [0.1, 0.15) is 24.2 Å². The van der Waals surface area contributed by atoms with Gasteiger partial charge in [-0.25, -0.2) is 4.39 Å². The molecule has 0 aliphatic heterocycles. The topological polar surface area (TPSA) is 46.2 Å². The minimum atomic E-state index is -0.886. The van der Waals surface area contributed by atoms with Crippen LogP contribution >= 0.6 is 11.6 Å². The maximum absolute atomic E-state index is 13.0. The summed E-state index contributed by atoms with van der Waals surface area (Å²) >= 11 is 5.78. The summed E-state index contributed by atoms with van der Waals surface area (Å²) in [6.45, 7) is 3.38. The number of benzene rings is 1. The van der Waals surface area contributed by atoms with E-state index in [9.17, 15) is 9.50 Å².